The van der Waals surface area contributed by atoms with E-state index in [1.165, 1.54) is 6.07 Å². The Bertz CT molecular complexity index is 1640. The fourth-order valence-corrected chi connectivity index (χ4v) is 4.45. The summed E-state index contributed by atoms with van der Waals surface area (Å²) in [6, 6.07) is 19.9. The molecule has 1 amide bonds. The number of halogens is 1. The summed E-state index contributed by atoms with van der Waals surface area (Å²) in [5.41, 5.74) is 4.04. The van der Waals surface area contributed by atoms with Gasteiger partial charge in [-0.25, -0.2) is 17.8 Å². The van der Waals surface area contributed by atoms with Gasteiger partial charge in [-0.05, 0) is 71.8 Å². The Labute approximate surface area is 221 Å². The lowest BCUT2D eigenvalue weighted by atomic mass is 9.93. The topological polar surface area (TPSA) is 94.6 Å². The molecular weight excluding hydrogens is 507 g/mol. The van der Waals surface area contributed by atoms with Crippen molar-refractivity contribution in [2.45, 2.75) is 20.5 Å². The van der Waals surface area contributed by atoms with Gasteiger partial charge in [0.05, 0.1) is 11.9 Å². The van der Waals surface area contributed by atoms with E-state index in [9.17, 15) is 17.6 Å². The van der Waals surface area contributed by atoms with Crippen LogP contribution in [0.5, 0.6) is 11.6 Å². The molecule has 0 saturated heterocycles. The van der Waals surface area contributed by atoms with Gasteiger partial charge in [0.25, 0.3) is 5.91 Å². The lowest BCUT2D eigenvalue weighted by Gasteiger charge is -2.18. The number of fused-ring (bicyclic) bond motifs is 1. The number of carbonyl (C=O) groups is 1. The van der Waals surface area contributed by atoms with Gasteiger partial charge in [0.15, 0.2) is 6.61 Å². The molecule has 0 unspecified atom stereocenters. The number of allylic oxidation sites excluding steroid dienone is 1. The number of aromatic nitrogens is 1. The molecule has 0 fully saturated rings. The molecule has 3 aromatic carbocycles. The highest BCUT2D eigenvalue weighted by atomic mass is 32.2. The zero-order valence-corrected chi connectivity index (χ0v) is 22.1. The third kappa shape index (κ3) is 6.36. The van der Waals surface area contributed by atoms with Crippen LogP contribution in [0.2, 0.25) is 0 Å². The average Bonchev–Trinajstić information content (AvgIpc) is 2.86. The summed E-state index contributed by atoms with van der Waals surface area (Å²) in [6.07, 6.45) is 0.882. The minimum Gasteiger partial charge on any atom is -0.489 e. The van der Waals surface area contributed by atoms with E-state index in [0.717, 1.165) is 28.3 Å². The average molecular weight is 535 g/mol. The molecule has 1 heterocycles. The Kier molecular flexibility index (Phi) is 7.78. The Morgan fingerprint density at radius 1 is 1.03 bits per heavy atom. The Morgan fingerprint density at radius 2 is 1.76 bits per heavy atom. The Hall–Kier alpha value is -4.24. The fraction of sp³-hybridized carbons (Fsp3) is 0.172. The normalized spacial score (nSPS) is 11.3. The maximum atomic E-state index is 14.1. The van der Waals surface area contributed by atoms with E-state index >= 15 is 0 Å². The highest BCUT2D eigenvalue weighted by Gasteiger charge is 2.20. The van der Waals surface area contributed by atoms with Crippen LogP contribution < -0.4 is 14.2 Å². The SMILES string of the molecule is C=C(C)c1nc(OCC(=O)NS(C)(=O)=O)c2cc(OCc3ccccc3)ccc2c1-c1ccc(F)c(C)c1. The minimum atomic E-state index is -3.75. The zero-order chi connectivity index (χ0) is 27.4. The molecule has 0 spiro atoms. The number of nitrogens with one attached hydrogen (secondary N) is 1. The summed E-state index contributed by atoms with van der Waals surface area (Å²) in [5, 5.41) is 1.25. The maximum Gasteiger partial charge on any atom is 0.271 e. The summed E-state index contributed by atoms with van der Waals surface area (Å²) in [4.78, 5) is 16.8. The number of hydrogen-bond acceptors (Lipinski definition) is 6. The molecule has 0 saturated carbocycles. The molecule has 7 nitrogen and oxygen atoms in total. The van der Waals surface area contributed by atoms with Crippen molar-refractivity contribution < 1.29 is 27.1 Å². The first-order valence-electron chi connectivity index (χ1n) is 11.7. The van der Waals surface area contributed by atoms with Gasteiger partial charge in [-0.2, -0.15) is 0 Å². The Morgan fingerprint density at radius 3 is 2.42 bits per heavy atom. The predicted molar refractivity (Wildman–Crippen MR) is 146 cm³/mol. The molecule has 38 heavy (non-hydrogen) atoms. The van der Waals surface area contributed by atoms with Gasteiger partial charge in [-0.15, -0.1) is 0 Å². The molecule has 0 aliphatic heterocycles. The molecule has 0 aliphatic rings. The standard InChI is InChI=1S/C29H27FN2O5S/c1-18(2)28-27(21-10-13-25(30)19(3)14-21)23-12-11-22(36-16-20-8-6-5-7-9-20)15-24(23)29(31-28)37-17-26(33)32-38(4,34)35/h5-15H,1,16-17H2,2-4H3,(H,32,33). The maximum absolute atomic E-state index is 14.1. The molecule has 9 heteroatoms. The number of aryl methyl sites for hydroxylation is 1. The molecular formula is C29H27FN2O5S. The van der Waals surface area contributed by atoms with Crippen molar-refractivity contribution >= 4 is 32.3 Å². The fourth-order valence-electron chi connectivity index (χ4n) is 3.98. The quantitative estimate of drug-likeness (QED) is 0.308. The number of ether oxygens (including phenoxy) is 2. The van der Waals surface area contributed by atoms with Crippen molar-refractivity contribution in [3.63, 3.8) is 0 Å². The summed E-state index contributed by atoms with van der Waals surface area (Å²) in [5.74, 6) is -0.516. The number of benzene rings is 3. The van der Waals surface area contributed by atoms with Crippen LogP contribution in [0.4, 0.5) is 4.39 Å². The van der Waals surface area contributed by atoms with Crippen molar-refractivity contribution in [3.8, 4) is 22.8 Å². The van der Waals surface area contributed by atoms with Crippen LogP contribution in [0.3, 0.4) is 0 Å². The molecule has 4 aromatic rings. The third-order valence-electron chi connectivity index (χ3n) is 5.68. The first kappa shape index (κ1) is 26.8. The van der Waals surface area contributed by atoms with Crippen LogP contribution in [0.25, 0.3) is 27.5 Å². The Balaban J connectivity index is 1.83. The highest BCUT2D eigenvalue weighted by Crippen LogP contribution is 2.40. The van der Waals surface area contributed by atoms with Gasteiger partial charge in [0.2, 0.25) is 15.9 Å². The summed E-state index contributed by atoms with van der Waals surface area (Å²) >= 11 is 0. The second-order valence-corrected chi connectivity index (χ2v) is 10.7. The van der Waals surface area contributed by atoms with E-state index in [1.54, 1.807) is 32.0 Å². The number of hydrogen-bond donors (Lipinski definition) is 1. The van der Waals surface area contributed by atoms with Gasteiger partial charge >= 0.3 is 0 Å². The number of rotatable bonds is 9. The van der Waals surface area contributed by atoms with Crippen molar-refractivity contribution in [1.82, 2.24) is 9.71 Å². The van der Waals surface area contributed by atoms with Crippen molar-refractivity contribution in [2.24, 2.45) is 0 Å². The monoisotopic (exact) mass is 534 g/mol. The van der Waals surface area contributed by atoms with Crippen LogP contribution in [-0.2, 0) is 21.4 Å². The minimum absolute atomic E-state index is 0.106. The van der Waals surface area contributed by atoms with Gasteiger partial charge in [-0.1, -0.05) is 43.0 Å². The van der Waals surface area contributed by atoms with Gasteiger partial charge in [0, 0.05) is 10.9 Å². The first-order valence-corrected chi connectivity index (χ1v) is 13.6. The summed E-state index contributed by atoms with van der Waals surface area (Å²) in [7, 11) is -3.75. The van der Waals surface area contributed by atoms with Crippen LogP contribution in [0.15, 0.2) is 73.3 Å². The van der Waals surface area contributed by atoms with E-state index in [0.29, 0.717) is 34.6 Å². The lowest BCUT2D eigenvalue weighted by molar-refractivity contribution is -0.121. The molecule has 0 radical (unpaired) electrons. The van der Waals surface area contributed by atoms with Gasteiger partial charge < -0.3 is 9.47 Å². The summed E-state index contributed by atoms with van der Waals surface area (Å²) in [6.45, 7) is 7.27. The van der Waals surface area contributed by atoms with Crippen molar-refractivity contribution in [2.75, 3.05) is 12.9 Å². The molecule has 1 N–H and O–H groups in total. The second kappa shape index (κ2) is 11.0. The number of nitrogens with zero attached hydrogens (tertiary/aromatic N) is 1. The van der Waals surface area contributed by atoms with E-state index < -0.39 is 22.5 Å². The van der Waals surface area contributed by atoms with Crippen LogP contribution in [-0.4, -0.2) is 32.2 Å². The molecule has 0 bridgehead atoms. The summed E-state index contributed by atoms with van der Waals surface area (Å²) < 4.78 is 50.5. The van der Waals surface area contributed by atoms with E-state index in [-0.39, 0.29) is 11.7 Å². The van der Waals surface area contributed by atoms with Crippen molar-refractivity contribution in [3.05, 3.63) is 95.9 Å². The smallest absolute Gasteiger partial charge is 0.271 e. The first-order chi connectivity index (χ1) is 18.0. The predicted octanol–water partition coefficient (Wildman–Crippen LogP) is 5.42. The largest absolute Gasteiger partial charge is 0.489 e. The third-order valence-corrected chi connectivity index (χ3v) is 6.28. The number of sulfonamides is 1. The van der Waals surface area contributed by atoms with Crippen LogP contribution in [0.1, 0.15) is 23.7 Å². The number of amides is 1. The van der Waals surface area contributed by atoms with E-state index in [1.807, 2.05) is 47.2 Å². The molecule has 0 aliphatic carbocycles. The van der Waals surface area contributed by atoms with Crippen LogP contribution >= 0.6 is 0 Å². The lowest BCUT2D eigenvalue weighted by Crippen LogP contribution is -2.33. The van der Waals surface area contributed by atoms with Crippen LogP contribution in [0, 0.1) is 12.7 Å². The van der Waals surface area contributed by atoms with Crippen molar-refractivity contribution in [1.29, 1.82) is 0 Å². The van der Waals surface area contributed by atoms with Gasteiger partial charge in [-0.3, -0.25) is 9.52 Å². The van der Waals surface area contributed by atoms with E-state index in [2.05, 4.69) is 11.6 Å². The van der Waals surface area contributed by atoms with E-state index in [4.69, 9.17) is 9.47 Å². The molecule has 196 valence electrons. The second-order valence-electron chi connectivity index (χ2n) is 8.95. The zero-order valence-electron chi connectivity index (χ0n) is 21.2. The molecule has 1 aromatic heterocycles. The molecule has 0 atom stereocenters. The highest BCUT2D eigenvalue weighted by molar-refractivity contribution is 7.89. The molecule has 4 rings (SSSR count). The number of carbonyl (C=O) groups excluding carboxylic acids is 1. The number of pyridine rings is 1. The van der Waals surface area contributed by atoms with Gasteiger partial charge in [0.1, 0.15) is 18.2 Å².